The van der Waals surface area contributed by atoms with Crippen molar-refractivity contribution in [1.29, 1.82) is 0 Å². The van der Waals surface area contributed by atoms with E-state index in [1.165, 1.54) is 5.57 Å². The van der Waals surface area contributed by atoms with Crippen LogP contribution < -0.4 is 0 Å². The summed E-state index contributed by atoms with van der Waals surface area (Å²) >= 11 is 0. The maximum atomic E-state index is 3.86. The molecule has 0 spiro atoms. The van der Waals surface area contributed by atoms with Crippen LogP contribution in [0.2, 0.25) is 0 Å². The Bertz CT molecular complexity index is 180. The molecule has 0 heterocycles. The molecule has 0 bridgehead atoms. The molecule has 0 aromatic rings. The lowest BCUT2D eigenvalue weighted by Gasteiger charge is -1.95. The minimum atomic E-state index is 1.04. The fourth-order valence-electron chi connectivity index (χ4n) is 0.501. The molecule has 0 saturated carbocycles. The van der Waals surface area contributed by atoms with Gasteiger partial charge in [0.2, 0.25) is 0 Å². The molecule has 0 amide bonds. The Labute approximate surface area is 77.0 Å². The zero-order chi connectivity index (χ0) is 9.98. The van der Waals surface area contributed by atoms with Crippen LogP contribution in [0.5, 0.6) is 0 Å². The first kappa shape index (κ1) is 13.5. The van der Waals surface area contributed by atoms with Crippen molar-refractivity contribution in [2.75, 3.05) is 0 Å². The highest BCUT2D eigenvalue weighted by Crippen LogP contribution is 2.06. The third-order valence-electron chi connectivity index (χ3n) is 1.37. The molecule has 0 nitrogen and oxygen atoms in total. The fraction of sp³-hybridized carbons (Fsp3) is 0.333. The van der Waals surface area contributed by atoms with Crippen LogP contribution in [0.4, 0.5) is 0 Å². The van der Waals surface area contributed by atoms with Gasteiger partial charge in [0, 0.05) is 0 Å². The molecule has 0 aliphatic rings. The van der Waals surface area contributed by atoms with E-state index in [9.17, 15) is 0 Å². The van der Waals surface area contributed by atoms with E-state index in [2.05, 4.69) is 13.2 Å². The lowest BCUT2D eigenvalue weighted by atomic mass is 10.1. The highest BCUT2D eigenvalue weighted by Gasteiger charge is 1.86. The Morgan fingerprint density at radius 3 is 2.08 bits per heavy atom. The van der Waals surface area contributed by atoms with E-state index >= 15 is 0 Å². The minimum Gasteiger partial charge on any atom is -0.0991 e. The Balaban J connectivity index is 0. The van der Waals surface area contributed by atoms with E-state index in [1.807, 2.05) is 45.9 Å². The first-order valence-corrected chi connectivity index (χ1v) is 4.33. The molecular weight excluding hydrogens is 144 g/mol. The van der Waals surface area contributed by atoms with Crippen molar-refractivity contribution >= 4 is 0 Å². The molecule has 0 aromatic carbocycles. The Kier molecular flexibility index (Phi) is 11.2. The second kappa shape index (κ2) is 9.96. The van der Waals surface area contributed by atoms with Crippen LogP contribution in [0, 0.1) is 0 Å². The van der Waals surface area contributed by atoms with Gasteiger partial charge < -0.3 is 0 Å². The van der Waals surface area contributed by atoms with Crippen molar-refractivity contribution in [3.8, 4) is 0 Å². The average Bonchev–Trinajstić information content (AvgIpc) is 2.16. The molecule has 0 aromatic heterocycles. The van der Waals surface area contributed by atoms with Gasteiger partial charge in [0.15, 0.2) is 0 Å². The van der Waals surface area contributed by atoms with Gasteiger partial charge in [0.25, 0.3) is 0 Å². The van der Waals surface area contributed by atoms with Crippen LogP contribution >= 0.6 is 0 Å². The van der Waals surface area contributed by atoms with Gasteiger partial charge in [-0.2, -0.15) is 0 Å². The molecular formula is C12H20. The smallest absolute Gasteiger partial charge is 0.0303 e. The van der Waals surface area contributed by atoms with E-state index in [0.717, 1.165) is 5.57 Å². The highest BCUT2D eigenvalue weighted by molar-refractivity contribution is 5.36. The van der Waals surface area contributed by atoms with E-state index in [-0.39, 0.29) is 0 Å². The fourth-order valence-corrected chi connectivity index (χ4v) is 0.501. The average molecular weight is 164 g/mol. The van der Waals surface area contributed by atoms with Crippen LogP contribution in [0.15, 0.2) is 48.6 Å². The largest absolute Gasteiger partial charge is 0.0991 e. The zero-order valence-corrected chi connectivity index (χ0v) is 8.72. The SMILES string of the molecule is C=C/C=C\C(=C)/C(C)=C/C.CC. The highest BCUT2D eigenvalue weighted by atomic mass is 13.9. The Morgan fingerprint density at radius 1 is 1.25 bits per heavy atom. The lowest BCUT2D eigenvalue weighted by Crippen LogP contribution is -1.75. The molecule has 0 saturated heterocycles. The molecule has 0 heteroatoms. The second-order valence-electron chi connectivity index (χ2n) is 2.09. The predicted molar refractivity (Wildman–Crippen MR) is 59.3 cm³/mol. The van der Waals surface area contributed by atoms with Crippen molar-refractivity contribution in [3.05, 3.63) is 48.6 Å². The number of rotatable bonds is 3. The summed E-state index contributed by atoms with van der Waals surface area (Å²) in [6.45, 7) is 15.5. The third-order valence-corrected chi connectivity index (χ3v) is 1.37. The topological polar surface area (TPSA) is 0 Å². The molecule has 0 atom stereocenters. The van der Waals surface area contributed by atoms with Crippen molar-refractivity contribution < 1.29 is 0 Å². The monoisotopic (exact) mass is 164 g/mol. The summed E-state index contributed by atoms with van der Waals surface area (Å²) in [4.78, 5) is 0. The van der Waals surface area contributed by atoms with Crippen LogP contribution in [0.1, 0.15) is 27.7 Å². The molecule has 0 radical (unpaired) electrons. The van der Waals surface area contributed by atoms with Gasteiger partial charge in [-0.05, 0) is 25.0 Å². The minimum absolute atomic E-state index is 1.04. The summed E-state index contributed by atoms with van der Waals surface area (Å²) in [5.74, 6) is 0. The van der Waals surface area contributed by atoms with E-state index in [4.69, 9.17) is 0 Å². The summed E-state index contributed by atoms with van der Waals surface area (Å²) in [6, 6.07) is 0. The number of allylic oxidation sites excluding steroid dienone is 6. The summed E-state index contributed by atoms with van der Waals surface area (Å²) in [6.07, 6.45) is 7.61. The van der Waals surface area contributed by atoms with Gasteiger partial charge in [0.1, 0.15) is 0 Å². The molecule has 12 heavy (non-hydrogen) atoms. The molecule has 0 aliphatic carbocycles. The first-order chi connectivity index (χ1) is 5.72. The van der Waals surface area contributed by atoms with Crippen molar-refractivity contribution in [3.63, 3.8) is 0 Å². The van der Waals surface area contributed by atoms with E-state index < -0.39 is 0 Å². The van der Waals surface area contributed by atoms with Gasteiger partial charge in [-0.15, -0.1) is 0 Å². The van der Waals surface area contributed by atoms with Crippen molar-refractivity contribution in [2.45, 2.75) is 27.7 Å². The van der Waals surface area contributed by atoms with Gasteiger partial charge in [0.05, 0.1) is 0 Å². The first-order valence-electron chi connectivity index (χ1n) is 4.33. The molecule has 0 rings (SSSR count). The standard InChI is InChI=1S/C10H14.C2H6/c1-5-7-8-10(4)9(3)6-2;1-2/h5-8H,1,4H2,2-3H3;1-2H3/b8-7-,9-6+;. The van der Waals surface area contributed by atoms with Gasteiger partial charge >= 0.3 is 0 Å². The van der Waals surface area contributed by atoms with Gasteiger partial charge in [-0.25, -0.2) is 0 Å². The molecule has 0 fully saturated rings. The summed E-state index contributed by atoms with van der Waals surface area (Å²) in [5.41, 5.74) is 2.25. The van der Waals surface area contributed by atoms with Crippen molar-refractivity contribution in [1.82, 2.24) is 0 Å². The second-order valence-corrected chi connectivity index (χ2v) is 2.09. The molecule has 0 aliphatic heterocycles. The number of hydrogen-bond donors (Lipinski definition) is 0. The molecule has 68 valence electrons. The van der Waals surface area contributed by atoms with Gasteiger partial charge in [-0.1, -0.05) is 51.3 Å². The summed E-state index contributed by atoms with van der Waals surface area (Å²) < 4.78 is 0. The van der Waals surface area contributed by atoms with E-state index in [1.54, 1.807) is 6.08 Å². The maximum Gasteiger partial charge on any atom is -0.0303 e. The van der Waals surface area contributed by atoms with Crippen LogP contribution in [-0.4, -0.2) is 0 Å². The normalized spacial score (nSPS) is 10.5. The maximum absolute atomic E-state index is 3.86. The predicted octanol–water partition coefficient (Wildman–Crippen LogP) is 4.28. The van der Waals surface area contributed by atoms with Crippen LogP contribution in [0.25, 0.3) is 0 Å². The van der Waals surface area contributed by atoms with Gasteiger partial charge in [-0.3, -0.25) is 0 Å². The third kappa shape index (κ3) is 7.07. The van der Waals surface area contributed by atoms with Crippen LogP contribution in [0.3, 0.4) is 0 Å². The Hall–Kier alpha value is -1.04. The van der Waals surface area contributed by atoms with E-state index in [0.29, 0.717) is 0 Å². The lowest BCUT2D eigenvalue weighted by molar-refractivity contribution is 1.41. The van der Waals surface area contributed by atoms with Crippen molar-refractivity contribution in [2.24, 2.45) is 0 Å². The van der Waals surface area contributed by atoms with Crippen LogP contribution in [-0.2, 0) is 0 Å². The quantitative estimate of drug-likeness (QED) is 0.546. The summed E-state index contributed by atoms with van der Waals surface area (Å²) in [5, 5.41) is 0. The number of hydrogen-bond acceptors (Lipinski definition) is 0. The zero-order valence-electron chi connectivity index (χ0n) is 8.72. The Morgan fingerprint density at radius 2 is 1.75 bits per heavy atom. The molecule has 0 unspecified atom stereocenters. The molecule has 0 N–H and O–H groups in total. The summed E-state index contributed by atoms with van der Waals surface area (Å²) in [7, 11) is 0.